The van der Waals surface area contributed by atoms with Crippen molar-refractivity contribution in [2.24, 2.45) is 5.92 Å². The van der Waals surface area contributed by atoms with E-state index in [1.54, 1.807) is 24.3 Å². The lowest BCUT2D eigenvalue weighted by atomic mass is 10.1. The summed E-state index contributed by atoms with van der Waals surface area (Å²) in [6.45, 7) is -0.528. The minimum atomic E-state index is -3.97. The maximum Gasteiger partial charge on any atom is 0.311 e. The number of carbonyl (C=O) groups excluding carboxylic acids is 3. The van der Waals surface area contributed by atoms with Crippen molar-refractivity contribution in [3.63, 3.8) is 0 Å². The molecule has 33 heavy (non-hydrogen) atoms. The molecule has 1 atom stereocenters. The minimum absolute atomic E-state index is 0.0552. The second kappa shape index (κ2) is 8.74. The number of hydrogen-bond donors (Lipinski definition) is 0. The van der Waals surface area contributed by atoms with Crippen molar-refractivity contribution in [2.75, 3.05) is 38.8 Å². The molecule has 2 heterocycles. The van der Waals surface area contributed by atoms with Gasteiger partial charge in [-0.25, -0.2) is 12.7 Å². The Bertz CT molecular complexity index is 1230. The van der Waals surface area contributed by atoms with Crippen LogP contribution in [0.1, 0.15) is 16.8 Å². The number of benzene rings is 2. The fourth-order valence-electron chi connectivity index (χ4n) is 3.91. The molecule has 0 aliphatic carbocycles. The number of nitrogens with zero attached hydrogens (tertiary/aromatic N) is 2. The largest absolute Gasteiger partial charge is 0.497 e. The van der Waals surface area contributed by atoms with Crippen LogP contribution in [0.3, 0.4) is 0 Å². The summed E-state index contributed by atoms with van der Waals surface area (Å²) in [4.78, 5) is 38.9. The van der Waals surface area contributed by atoms with Gasteiger partial charge in [-0.2, -0.15) is 0 Å². The molecule has 0 bridgehead atoms. The molecule has 0 saturated carbocycles. The highest BCUT2D eigenvalue weighted by atomic mass is 32.2. The summed E-state index contributed by atoms with van der Waals surface area (Å²) in [5, 5.41) is 0. The smallest absolute Gasteiger partial charge is 0.311 e. The van der Waals surface area contributed by atoms with Crippen LogP contribution in [-0.2, 0) is 24.3 Å². The monoisotopic (exact) mass is 474 g/mol. The fourth-order valence-corrected chi connectivity index (χ4v) is 5.46. The molecule has 0 aromatic heterocycles. The highest BCUT2D eigenvalue weighted by molar-refractivity contribution is 7.90. The lowest BCUT2D eigenvalue weighted by Gasteiger charge is -2.20. The molecule has 174 valence electrons. The molecule has 1 unspecified atom stereocenters. The third kappa shape index (κ3) is 3.99. The van der Waals surface area contributed by atoms with Gasteiger partial charge in [-0.3, -0.25) is 14.4 Å². The lowest BCUT2D eigenvalue weighted by molar-refractivity contribution is -0.148. The van der Waals surface area contributed by atoms with Crippen molar-refractivity contribution >= 4 is 33.5 Å². The topological polar surface area (TPSA) is 120 Å². The van der Waals surface area contributed by atoms with Gasteiger partial charge in [0.1, 0.15) is 23.0 Å². The molecule has 2 amide bonds. The first-order valence-electron chi connectivity index (χ1n) is 10.1. The van der Waals surface area contributed by atoms with E-state index in [1.807, 2.05) is 0 Å². The first kappa shape index (κ1) is 22.6. The van der Waals surface area contributed by atoms with E-state index in [1.165, 1.54) is 37.3 Å². The summed E-state index contributed by atoms with van der Waals surface area (Å²) in [6, 6.07) is 10.9. The zero-order valence-corrected chi connectivity index (χ0v) is 18.8. The Morgan fingerprint density at radius 1 is 1.09 bits per heavy atom. The molecule has 0 N–H and O–H groups in total. The van der Waals surface area contributed by atoms with Crippen molar-refractivity contribution in [1.29, 1.82) is 0 Å². The third-order valence-corrected chi connectivity index (χ3v) is 7.43. The minimum Gasteiger partial charge on any atom is -0.497 e. The Morgan fingerprint density at radius 2 is 1.85 bits per heavy atom. The van der Waals surface area contributed by atoms with Crippen LogP contribution in [0.2, 0.25) is 0 Å². The highest BCUT2D eigenvalue weighted by Crippen LogP contribution is 2.36. The fraction of sp³-hybridized carbons (Fsp3) is 0.318. The SMILES string of the molecule is COc1ccc(N2CC(C(=O)OCCN3C(=O)c4ccccc4S3(=O)=O)CC2=O)c(OC)c1. The summed E-state index contributed by atoms with van der Waals surface area (Å²) in [5.74, 6) is -1.31. The molecular weight excluding hydrogens is 452 g/mol. The number of ether oxygens (including phenoxy) is 3. The van der Waals surface area contributed by atoms with Crippen LogP contribution in [-0.4, -0.2) is 64.4 Å². The Hall–Kier alpha value is -3.60. The van der Waals surface area contributed by atoms with Crippen molar-refractivity contribution in [3.05, 3.63) is 48.0 Å². The molecule has 0 spiro atoms. The van der Waals surface area contributed by atoms with Crippen LogP contribution in [0.25, 0.3) is 0 Å². The van der Waals surface area contributed by atoms with E-state index in [0.29, 0.717) is 21.5 Å². The molecule has 10 nitrogen and oxygen atoms in total. The van der Waals surface area contributed by atoms with Gasteiger partial charge in [-0.15, -0.1) is 0 Å². The molecule has 1 saturated heterocycles. The number of amides is 2. The summed E-state index contributed by atoms with van der Waals surface area (Å²) in [6.07, 6.45) is -0.0552. The second-order valence-corrected chi connectivity index (χ2v) is 9.32. The highest BCUT2D eigenvalue weighted by Gasteiger charge is 2.41. The molecule has 2 aliphatic heterocycles. The van der Waals surface area contributed by atoms with Crippen LogP contribution >= 0.6 is 0 Å². The van der Waals surface area contributed by atoms with E-state index in [0.717, 1.165) is 0 Å². The van der Waals surface area contributed by atoms with E-state index >= 15 is 0 Å². The normalized spacial score (nSPS) is 18.9. The molecule has 11 heteroatoms. The van der Waals surface area contributed by atoms with E-state index < -0.39 is 27.8 Å². The number of carbonyl (C=O) groups is 3. The zero-order chi connectivity index (χ0) is 23.8. The van der Waals surface area contributed by atoms with Gasteiger partial charge in [0.2, 0.25) is 5.91 Å². The summed E-state index contributed by atoms with van der Waals surface area (Å²) in [5.41, 5.74) is 0.597. The number of anilines is 1. The van der Waals surface area contributed by atoms with Crippen LogP contribution in [0, 0.1) is 5.92 Å². The maximum absolute atomic E-state index is 12.6. The number of hydrogen-bond acceptors (Lipinski definition) is 8. The molecule has 2 aliphatic rings. The Kier molecular flexibility index (Phi) is 5.98. The number of fused-ring (bicyclic) bond motifs is 1. The summed E-state index contributed by atoms with van der Waals surface area (Å²) >= 11 is 0. The van der Waals surface area contributed by atoms with Crippen LogP contribution in [0.15, 0.2) is 47.4 Å². The maximum atomic E-state index is 12.6. The van der Waals surface area contributed by atoms with Crippen LogP contribution < -0.4 is 14.4 Å². The molecular formula is C22H22N2O8S. The Balaban J connectivity index is 1.38. The average Bonchev–Trinajstić information content (AvgIpc) is 3.29. The van der Waals surface area contributed by atoms with Gasteiger partial charge in [0.25, 0.3) is 15.9 Å². The number of sulfonamides is 1. The lowest BCUT2D eigenvalue weighted by Crippen LogP contribution is -2.34. The van der Waals surface area contributed by atoms with Gasteiger partial charge in [0.05, 0.1) is 37.9 Å². The van der Waals surface area contributed by atoms with Gasteiger partial charge < -0.3 is 19.1 Å². The first-order chi connectivity index (χ1) is 15.8. The molecule has 2 aromatic carbocycles. The van der Waals surface area contributed by atoms with Gasteiger partial charge in [0.15, 0.2) is 0 Å². The summed E-state index contributed by atoms with van der Waals surface area (Å²) in [7, 11) is -0.990. The van der Waals surface area contributed by atoms with E-state index in [2.05, 4.69) is 0 Å². The first-order valence-corrected chi connectivity index (χ1v) is 11.6. The third-order valence-electron chi connectivity index (χ3n) is 5.59. The second-order valence-electron chi connectivity index (χ2n) is 7.49. The predicted octanol–water partition coefficient (Wildman–Crippen LogP) is 1.44. The number of esters is 1. The van der Waals surface area contributed by atoms with Crippen molar-refractivity contribution in [2.45, 2.75) is 11.3 Å². The van der Waals surface area contributed by atoms with Crippen molar-refractivity contribution in [3.8, 4) is 11.5 Å². The van der Waals surface area contributed by atoms with Gasteiger partial charge >= 0.3 is 5.97 Å². The Labute approximate surface area is 190 Å². The van der Waals surface area contributed by atoms with Crippen LogP contribution in [0.4, 0.5) is 5.69 Å². The molecule has 0 radical (unpaired) electrons. The molecule has 2 aromatic rings. The molecule has 4 rings (SSSR count). The summed E-state index contributed by atoms with van der Waals surface area (Å²) < 4.78 is 41.6. The molecule has 1 fully saturated rings. The van der Waals surface area contributed by atoms with Gasteiger partial charge in [0, 0.05) is 19.0 Å². The number of methoxy groups -OCH3 is 2. The van der Waals surface area contributed by atoms with E-state index in [-0.39, 0.29) is 42.5 Å². The zero-order valence-electron chi connectivity index (χ0n) is 18.0. The van der Waals surface area contributed by atoms with E-state index in [9.17, 15) is 22.8 Å². The van der Waals surface area contributed by atoms with Gasteiger partial charge in [-0.1, -0.05) is 12.1 Å². The Morgan fingerprint density at radius 3 is 2.55 bits per heavy atom. The average molecular weight is 474 g/mol. The van der Waals surface area contributed by atoms with Crippen molar-refractivity contribution < 1.29 is 37.0 Å². The van der Waals surface area contributed by atoms with E-state index in [4.69, 9.17) is 14.2 Å². The standard InChI is InChI=1S/C22H22N2O8S/c1-30-15-7-8-17(18(12-15)31-2)23-13-14(11-20(23)25)22(27)32-10-9-24-21(26)16-5-3-4-6-19(16)33(24,28)29/h3-8,12,14H,9-11,13H2,1-2H3. The quantitative estimate of drug-likeness (QED) is 0.553. The van der Waals surface area contributed by atoms with Gasteiger partial charge in [-0.05, 0) is 24.3 Å². The predicted molar refractivity (Wildman–Crippen MR) is 116 cm³/mol. The van der Waals surface area contributed by atoms with Crippen molar-refractivity contribution in [1.82, 2.24) is 4.31 Å². The van der Waals surface area contributed by atoms with Crippen LogP contribution in [0.5, 0.6) is 11.5 Å². The number of rotatable bonds is 7.